The molecule has 0 unspecified atom stereocenters. The van der Waals surface area contributed by atoms with Gasteiger partial charge in [0.25, 0.3) is 0 Å². The monoisotopic (exact) mass is 330 g/mol. The normalized spacial score (nSPS) is 49.0. The zero-order valence-corrected chi connectivity index (χ0v) is 15.7. The second-order valence-electron chi connectivity index (χ2n) is 9.86. The van der Waals surface area contributed by atoms with Crippen molar-refractivity contribution >= 4 is 5.78 Å². The third-order valence-corrected chi connectivity index (χ3v) is 9.01. The number of aliphatic hydroxyl groups excluding tert-OH is 1. The highest BCUT2D eigenvalue weighted by atomic mass is 16.3. The van der Waals surface area contributed by atoms with Crippen LogP contribution in [0, 0.1) is 40.4 Å². The first-order valence-electron chi connectivity index (χ1n) is 10.2. The van der Waals surface area contributed by atoms with Gasteiger partial charge in [-0.25, -0.2) is 0 Å². The van der Waals surface area contributed by atoms with Crippen LogP contribution in [0.5, 0.6) is 0 Å². The molecule has 0 aromatic heterocycles. The summed E-state index contributed by atoms with van der Waals surface area (Å²) in [6, 6.07) is 0. The predicted octanol–water partition coefficient (Wildman–Crippen LogP) is 4.76. The Morgan fingerprint density at radius 3 is 2.67 bits per heavy atom. The summed E-state index contributed by atoms with van der Waals surface area (Å²) in [6.07, 6.45) is 11.6. The highest BCUT2D eigenvalue weighted by Crippen LogP contribution is 2.67. The summed E-state index contributed by atoms with van der Waals surface area (Å²) < 4.78 is 0. The van der Waals surface area contributed by atoms with Crippen molar-refractivity contribution in [1.29, 1.82) is 0 Å². The van der Waals surface area contributed by atoms with Crippen molar-refractivity contribution in [3.05, 3.63) is 11.6 Å². The standard InChI is InChI=1S/C22H34O2/c1-14(13-23)18-6-7-19-17-5-4-15-12-16(24)8-10-21(15,2)20(17)9-11-22(18,19)3/h12,14,17-20,23H,4-11,13H2,1-3H3/t14-,17+,18+,19-,20-,21+,22-/m1/s1. The smallest absolute Gasteiger partial charge is 0.155 e. The molecule has 4 aliphatic carbocycles. The van der Waals surface area contributed by atoms with Gasteiger partial charge in [-0.1, -0.05) is 26.3 Å². The van der Waals surface area contributed by atoms with Crippen molar-refractivity contribution in [3.63, 3.8) is 0 Å². The number of allylic oxidation sites excluding steroid dienone is 1. The molecular formula is C22H34O2. The summed E-state index contributed by atoms with van der Waals surface area (Å²) >= 11 is 0. The van der Waals surface area contributed by atoms with E-state index < -0.39 is 0 Å². The van der Waals surface area contributed by atoms with Crippen LogP contribution in [0.25, 0.3) is 0 Å². The maximum atomic E-state index is 11.9. The van der Waals surface area contributed by atoms with Crippen LogP contribution in [0.15, 0.2) is 11.6 Å². The molecule has 3 saturated carbocycles. The lowest BCUT2D eigenvalue weighted by Crippen LogP contribution is -2.51. The zero-order chi connectivity index (χ0) is 17.1. The van der Waals surface area contributed by atoms with Crippen LogP contribution in [0.2, 0.25) is 0 Å². The van der Waals surface area contributed by atoms with Crippen LogP contribution in [-0.2, 0) is 4.79 Å². The summed E-state index contributed by atoms with van der Waals surface area (Å²) in [5.74, 6) is 3.97. The Morgan fingerprint density at radius 2 is 1.92 bits per heavy atom. The maximum Gasteiger partial charge on any atom is 0.155 e. The van der Waals surface area contributed by atoms with Crippen molar-refractivity contribution < 1.29 is 9.90 Å². The van der Waals surface area contributed by atoms with Gasteiger partial charge in [0.1, 0.15) is 0 Å². The van der Waals surface area contributed by atoms with Crippen LogP contribution in [0.4, 0.5) is 0 Å². The second-order valence-corrected chi connectivity index (χ2v) is 9.86. The molecule has 2 nitrogen and oxygen atoms in total. The molecule has 1 N–H and O–H groups in total. The first-order valence-corrected chi connectivity index (χ1v) is 10.2. The minimum atomic E-state index is 0.291. The number of ketones is 1. The number of aliphatic hydroxyl groups is 1. The second kappa shape index (κ2) is 5.69. The van der Waals surface area contributed by atoms with Gasteiger partial charge in [-0.05, 0) is 91.4 Å². The number of carbonyl (C=O) groups is 1. The molecule has 0 saturated heterocycles. The number of carbonyl (C=O) groups excluding carboxylic acids is 1. The first kappa shape index (κ1) is 16.8. The van der Waals surface area contributed by atoms with E-state index in [4.69, 9.17) is 0 Å². The van der Waals surface area contributed by atoms with Crippen molar-refractivity contribution in [2.24, 2.45) is 40.4 Å². The highest BCUT2D eigenvalue weighted by Gasteiger charge is 2.59. The molecule has 0 radical (unpaired) electrons. The lowest BCUT2D eigenvalue weighted by molar-refractivity contribution is -0.117. The molecule has 4 rings (SSSR count). The van der Waals surface area contributed by atoms with Crippen molar-refractivity contribution in [2.75, 3.05) is 6.61 Å². The summed E-state index contributed by atoms with van der Waals surface area (Å²) in [7, 11) is 0. The van der Waals surface area contributed by atoms with E-state index in [9.17, 15) is 9.90 Å². The SMILES string of the molecule is C[C@H](CO)[C@@H]1CC[C@@H]2[C@@H]3CCC4=CC(=O)CC[C@]4(C)[C@@H]3CC[C@@]21C. The van der Waals surface area contributed by atoms with Gasteiger partial charge in [-0.2, -0.15) is 0 Å². The summed E-state index contributed by atoms with van der Waals surface area (Å²) in [6.45, 7) is 7.59. The molecule has 24 heavy (non-hydrogen) atoms. The van der Waals surface area contributed by atoms with Gasteiger partial charge < -0.3 is 5.11 Å². The molecule has 0 aliphatic heterocycles. The molecule has 0 amide bonds. The molecule has 0 aromatic carbocycles. The Labute approximate surface area is 147 Å². The van der Waals surface area contributed by atoms with E-state index in [1.54, 1.807) is 0 Å². The maximum absolute atomic E-state index is 11.9. The Morgan fingerprint density at radius 1 is 1.12 bits per heavy atom. The molecule has 0 heterocycles. The van der Waals surface area contributed by atoms with Crippen molar-refractivity contribution in [1.82, 2.24) is 0 Å². The van der Waals surface area contributed by atoms with Crippen molar-refractivity contribution in [3.8, 4) is 0 Å². The topological polar surface area (TPSA) is 37.3 Å². The van der Waals surface area contributed by atoms with Crippen LogP contribution in [0.3, 0.4) is 0 Å². The fourth-order valence-electron chi connectivity index (χ4n) is 7.66. The zero-order valence-electron chi connectivity index (χ0n) is 15.7. The molecule has 3 fully saturated rings. The van der Waals surface area contributed by atoms with E-state index in [1.165, 1.54) is 37.7 Å². The molecule has 7 atom stereocenters. The van der Waals surface area contributed by atoms with E-state index in [0.717, 1.165) is 37.0 Å². The minimum Gasteiger partial charge on any atom is -0.396 e. The van der Waals surface area contributed by atoms with Gasteiger partial charge >= 0.3 is 0 Å². The first-order chi connectivity index (χ1) is 11.4. The molecule has 4 aliphatic rings. The van der Waals surface area contributed by atoms with E-state index in [2.05, 4.69) is 20.8 Å². The number of rotatable bonds is 2. The van der Waals surface area contributed by atoms with E-state index in [-0.39, 0.29) is 0 Å². The van der Waals surface area contributed by atoms with Crippen LogP contribution in [-0.4, -0.2) is 17.5 Å². The van der Waals surface area contributed by atoms with Gasteiger partial charge in [0.15, 0.2) is 5.78 Å². The molecule has 0 spiro atoms. The van der Waals surface area contributed by atoms with E-state index in [1.807, 2.05) is 6.08 Å². The Kier molecular flexibility index (Phi) is 3.99. The highest BCUT2D eigenvalue weighted by molar-refractivity contribution is 5.91. The minimum absolute atomic E-state index is 0.291. The van der Waals surface area contributed by atoms with E-state index >= 15 is 0 Å². The molecule has 0 aromatic rings. The van der Waals surface area contributed by atoms with Gasteiger partial charge in [0, 0.05) is 13.0 Å². The largest absolute Gasteiger partial charge is 0.396 e. The van der Waals surface area contributed by atoms with Gasteiger partial charge in [-0.15, -0.1) is 0 Å². The van der Waals surface area contributed by atoms with Gasteiger partial charge in [0.05, 0.1) is 0 Å². The summed E-state index contributed by atoms with van der Waals surface area (Å²) in [4.78, 5) is 11.9. The lowest BCUT2D eigenvalue weighted by Gasteiger charge is -2.58. The Hall–Kier alpha value is -0.630. The summed E-state index contributed by atoms with van der Waals surface area (Å²) in [5.41, 5.74) is 2.20. The molecular weight excluding hydrogens is 296 g/mol. The third-order valence-electron chi connectivity index (χ3n) is 9.01. The molecule has 2 heteroatoms. The Balaban J connectivity index is 1.63. The van der Waals surface area contributed by atoms with Crippen molar-refractivity contribution in [2.45, 2.75) is 72.1 Å². The van der Waals surface area contributed by atoms with E-state index in [0.29, 0.717) is 35.1 Å². The fraction of sp³-hybridized carbons (Fsp3) is 0.864. The predicted molar refractivity (Wildman–Crippen MR) is 96.4 cm³/mol. The average Bonchev–Trinajstić information content (AvgIpc) is 2.92. The molecule has 0 bridgehead atoms. The van der Waals surface area contributed by atoms with Crippen LogP contribution in [0.1, 0.15) is 72.1 Å². The number of hydrogen-bond donors (Lipinski definition) is 1. The lowest BCUT2D eigenvalue weighted by atomic mass is 9.46. The third kappa shape index (κ3) is 2.21. The number of fused-ring (bicyclic) bond motifs is 5. The average molecular weight is 331 g/mol. The fourth-order valence-corrected chi connectivity index (χ4v) is 7.66. The quantitative estimate of drug-likeness (QED) is 0.792. The van der Waals surface area contributed by atoms with Gasteiger partial charge in [-0.3, -0.25) is 4.79 Å². The summed E-state index contributed by atoms with van der Waals surface area (Å²) in [5, 5.41) is 9.71. The Bertz CT molecular complexity index is 564. The number of hydrogen-bond acceptors (Lipinski definition) is 2. The van der Waals surface area contributed by atoms with Gasteiger partial charge in [0.2, 0.25) is 0 Å². The van der Waals surface area contributed by atoms with Crippen LogP contribution >= 0.6 is 0 Å². The van der Waals surface area contributed by atoms with Crippen LogP contribution < -0.4 is 0 Å². The molecule has 134 valence electrons.